The molecule has 1 aromatic heterocycles. The minimum atomic E-state index is -0.806. The number of hydrogen-bond acceptors (Lipinski definition) is 5. The Labute approximate surface area is 200 Å². The number of likely N-dealkylation sites (tertiary alicyclic amines) is 2. The van der Waals surface area contributed by atoms with Crippen molar-refractivity contribution in [3.8, 4) is 5.75 Å². The molecule has 33 heavy (non-hydrogen) atoms. The standard InChI is InChI=1S/C27H34N2O3S/c30-26(31)18-20-6-7-25-24(17-20)23(27-21(19-32-25)10-16-33-27)5-4-11-28-14-8-22(9-15-28)29-12-2-1-3-13-29/h5-7,10,16-17,22H,1-4,8-9,11-15,18-19H2,(H,30,31)/b23-5-. The molecule has 0 unspecified atom stereocenters. The van der Waals surface area contributed by atoms with E-state index in [4.69, 9.17) is 4.74 Å². The van der Waals surface area contributed by atoms with Crippen LogP contribution in [0.1, 0.15) is 60.1 Å². The van der Waals surface area contributed by atoms with E-state index in [2.05, 4.69) is 27.3 Å². The fourth-order valence-corrected chi connectivity index (χ4v) is 6.51. The number of fused-ring (bicyclic) bond motifs is 2. The van der Waals surface area contributed by atoms with Crippen LogP contribution in [0.5, 0.6) is 5.75 Å². The summed E-state index contributed by atoms with van der Waals surface area (Å²) >= 11 is 1.75. The number of piperidine rings is 2. The third-order valence-electron chi connectivity index (χ3n) is 7.32. The Hall–Kier alpha value is -2.15. The van der Waals surface area contributed by atoms with Crippen LogP contribution >= 0.6 is 11.3 Å². The third kappa shape index (κ3) is 5.34. The molecule has 5 rings (SSSR count). The molecule has 2 saturated heterocycles. The van der Waals surface area contributed by atoms with Gasteiger partial charge in [-0.25, -0.2) is 0 Å². The van der Waals surface area contributed by atoms with E-state index in [-0.39, 0.29) is 6.42 Å². The number of nitrogens with zero attached hydrogens (tertiary/aromatic N) is 2. The van der Waals surface area contributed by atoms with Crippen LogP contribution in [0, 0.1) is 0 Å². The van der Waals surface area contributed by atoms with Crippen molar-refractivity contribution in [2.45, 2.75) is 57.6 Å². The van der Waals surface area contributed by atoms with Crippen LogP contribution in [0.25, 0.3) is 5.57 Å². The largest absolute Gasteiger partial charge is 0.488 e. The number of carboxylic acid groups (broad SMARTS) is 1. The molecule has 1 N–H and O–H groups in total. The Balaban J connectivity index is 1.28. The Bertz CT molecular complexity index is 1000. The second-order valence-electron chi connectivity index (χ2n) is 9.54. The van der Waals surface area contributed by atoms with Crippen LogP contribution in [-0.2, 0) is 17.8 Å². The zero-order valence-corrected chi connectivity index (χ0v) is 20.1. The SMILES string of the molecule is O=C(O)Cc1ccc2c(c1)/C(=C/CCN1CCC(N3CCCCC3)CC1)c1sccc1CO2. The van der Waals surface area contributed by atoms with E-state index in [1.807, 2.05) is 18.2 Å². The molecule has 176 valence electrons. The van der Waals surface area contributed by atoms with Crippen LogP contribution in [0.3, 0.4) is 0 Å². The quantitative estimate of drug-likeness (QED) is 0.646. The maximum atomic E-state index is 11.3. The number of ether oxygens (including phenoxy) is 1. The van der Waals surface area contributed by atoms with E-state index in [1.165, 1.54) is 74.3 Å². The lowest BCUT2D eigenvalue weighted by Crippen LogP contribution is -2.46. The molecule has 0 radical (unpaired) electrons. The molecule has 0 bridgehead atoms. The van der Waals surface area contributed by atoms with Crippen molar-refractivity contribution >= 4 is 22.9 Å². The Morgan fingerprint density at radius 2 is 1.94 bits per heavy atom. The minimum Gasteiger partial charge on any atom is -0.488 e. The van der Waals surface area contributed by atoms with Crippen LogP contribution in [-0.4, -0.2) is 59.6 Å². The lowest BCUT2D eigenvalue weighted by atomic mass is 9.97. The highest BCUT2D eigenvalue weighted by molar-refractivity contribution is 7.11. The molecule has 3 aliphatic rings. The first-order chi connectivity index (χ1) is 16.2. The first kappa shape index (κ1) is 22.6. The summed E-state index contributed by atoms with van der Waals surface area (Å²) in [6.45, 7) is 6.61. The van der Waals surface area contributed by atoms with E-state index in [0.29, 0.717) is 6.61 Å². The van der Waals surface area contributed by atoms with E-state index < -0.39 is 5.97 Å². The minimum absolute atomic E-state index is 0.0316. The van der Waals surface area contributed by atoms with Gasteiger partial charge >= 0.3 is 5.97 Å². The zero-order valence-electron chi connectivity index (χ0n) is 19.3. The van der Waals surface area contributed by atoms with Crippen molar-refractivity contribution in [3.05, 3.63) is 57.3 Å². The van der Waals surface area contributed by atoms with Gasteiger partial charge in [0.2, 0.25) is 0 Å². The lowest BCUT2D eigenvalue weighted by Gasteiger charge is -2.40. The van der Waals surface area contributed by atoms with Gasteiger partial charge < -0.3 is 19.6 Å². The number of benzene rings is 1. The van der Waals surface area contributed by atoms with Crippen LogP contribution in [0.15, 0.2) is 35.7 Å². The van der Waals surface area contributed by atoms with Gasteiger partial charge in [0.1, 0.15) is 12.4 Å². The highest BCUT2D eigenvalue weighted by Crippen LogP contribution is 2.40. The van der Waals surface area contributed by atoms with Crippen molar-refractivity contribution in [3.63, 3.8) is 0 Å². The highest BCUT2D eigenvalue weighted by atomic mass is 32.1. The third-order valence-corrected chi connectivity index (χ3v) is 8.31. The highest BCUT2D eigenvalue weighted by Gasteiger charge is 2.25. The summed E-state index contributed by atoms with van der Waals surface area (Å²) in [5.41, 5.74) is 4.25. The summed E-state index contributed by atoms with van der Waals surface area (Å²) in [6, 6.07) is 8.74. The number of carboxylic acids is 1. The molecule has 0 aliphatic carbocycles. The number of thiophene rings is 1. The summed E-state index contributed by atoms with van der Waals surface area (Å²) in [4.78, 5) is 17.9. The van der Waals surface area contributed by atoms with E-state index in [1.54, 1.807) is 11.3 Å². The maximum Gasteiger partial charge on any atom is 0.307 e. The zero-order chi connectivity index (χ0) is 22.6. The van der Waals surface area contributed by atoms with Crippen LogP contribution < -0.4 is 4.74 Å². The predicted octanol–water partition coefficient (Wildman–Crippen LogP) is 5.04. The lowest BCUT2D eigenvalue weighted by molar-refractivity contribution is -0.136. The first-order valence-electron chi connectivity index (χ1n) is 12.4. The molecule has 0 saturated carbocycles. The number of carbonyl (C=O) groups is 1. The summed E-state index contributed by atoms with van der Waals surface area (Å²) in [5.74, 6) is 0.0425. The van der Waals surface area contributed by atoms with Gasteiger partial charge in [0.05, 0.1) is 6.42 Å². The van der Waals surface area contributed by atoms with Crippen molar-refractivity contribution in [2.24, 2.45) is 0 Å². The molecule has 0 amide bonds. The van der Waals surface area contributed by atoms with E-state index in [9.17, 15) is 9.90 Å². The van der Waals surface area contributed by atoms with E-state index >= 15 is 0 Å². The molecule has 0 atom stereocenters. The van der Waals surface area contributed by atoms with E-state index in [0.717, 1.165) is 35.9 Å². The average Bonchev–Trinajstić information content (AvgIpc) is 3.25. The second kappa shape index (κ2) is 10.4. The average molecular weight is 467 g/mol. The fraction of sp³-hybridized carbons (Fsp3) is 0.519. The van der Waals surface area contributed by atoms with Gasteiger partial charge in [0, 0.05) is 28.6 Å². The molecule has 6 heteroatoms. The molecule has 2 aromatic rings. The Morgan fingerprint density at radius 1 is 1.12 bits per heavy atom. The van der Waals surface area contributed by atoms with Gasteiger partial charge in [-0.15, -0.1) is 11.3 Å². The van der Waals surface area contributed by atoms with Crippen molar-refractivity contribution < 1.29 is 14.6 Å². The number of rotatable bonds is 6. The number of hydrogen-bond donors (Lipinski definition) is 1. The van der Waals surface area contributed by atoms with Gasteiger partial charge in [-0.05, 0) is 93.0 Å². The van der Waals surface area contributed by atoms with Gasteiger partial charge in [-0.3, -0.25) is 4.79 Å². The smallest absolute Gasteiger partial charge is 0.307 e. The predicted molar refractivity (Wildman–Crippen MR) is 133 cm³/mol. The summed E-state index contributed by atoms with van der Waals surface area (Å²) in [5, 5.41) is 11.4. The Kier molecular flexibility index (Phi) is 7.14. The van der Waals surface area contributed by atoms with Gasteiger partial charge in [-0.2, -0.15) is 0 Å². The van der Waals surface area contributed by atoms with Gasteiger partial charge in [0.15, 0.2) is 0 Å². The van der Waals surface area contributed by atoms with Crippen LogP contribution in [0.2, 0.25) is 0 Å². The topological polar surface area (TPSA) is 53.0 Å². The Morgan fingerprint density at radius 3 is 2.73 bits per heavy atom. The molecule has 1 aromatic carbocycles. The molecular weight excluding hydrogens is 432 g/mol. The summed E-state index contributed by atoms with van der Waals surface area (Å²) in [6.07, 6.45) is 10.1. The molecule has 2 fully saturated rings. The molecular formula is C27H34N2O3S. The monoisotopic (exact) mass is 466 g/mol. The molecule has 3 aliphatic heterocycles. The molecule has 4 heterocycles. The first-order valence-corrected chi connectivity index (χ1v) is 13.3. The van der Waals surface area contributed by atoms with Gasteiger partial charge in [-0.1, -0.05) is 18.6 Å². The molecule has 5 nitrogen and oxygen atoms in total. The summed E-state index contributed by atoms with van der Waals surface area (Å²) in [7, 11) is 0. The normalized spacial score (nSPS) is 21.3. The second-order valence-corrected chi connectivity index (χ2v) is 10.5. The van der Waals surface area contributed by atoms with Crippen LogP contribution in [0.4, 0.5) is 0 Å². The summed E-state index contributed by atoms with van der Waals surface area (Å²) < 4.78 is 6.09. The van der Waals surface area contributed by atoms with Gasteiger partial charge in [0.25, 0.3) is 0 Å². The van der Waals surface area contributed by atoms with Crippen molar-refractivity contribution in [2.75, 3.05) is 32.7 Å². The number of aliphatic carboxylic acids is 1. The molecule has 0 spiro atoms. The van der Waals surface area contributed by atoms with Crippen molar-refractivity contribution in [1.29, 1.82) is 0 Å². The van der Waals surface area contributed by atoms with Crippen molar-refractivity contribution in [1.82, 2.24) is 9.80 Å². The fourth-order valence-electron chi connectivity index (χ4n) is 5.55. The maximum absolute atomic E-state index is 11.3.